The van der Waals surface area contributed by atoms with Crippen molar-refractivity contribution in [2.45, 2.75) is 52.6 Å². The fourth-order valence-electron chi connectivity index (χ4n) is 3.07. The summed E-state index contributed by atoms with van der Waals surface area (Å²) in [5, 5.41) is 7.00. The first-order valence-electron chi connectivity index (χ1n) is 7.87. The second kappa shape index (κ2) is 5.98. The molecule has 2 aromatic heterocycles. The second-order valence-electron chi connectivity index (χ2n) is 5.74. The number of carbonyl (C=O) groups excluding carboxylic acids is 2. The van der Waals surface area contributed by atoms with Crippen molar-refractivity contribution in [1.82, 2.24) is 20.1 Å². The zero-order valence-corrected chi connectivity index (χ0v) is 13.5. The van der Waals surface area contributed by atoms with E-state index in [0.29, 0.717) is 47.9 Å². The highest BCUT2D eigenvalue weighted by atomic mass is 16.3. The zero-order chi connectivity index (χ0) is 16.6. The zero-order valence-electron chi connectivity index (χ0n) is 13.5. The van der Waals surface area contributed by atoms with E-state index in [1.165, 1.54) is 6.33 Å². The summed E-state index contributed by atoms with van der Waals surface area (Å²) >= 11 is 0. The maximum absolute atomic E-state index is 12.7. The van der Waals surface area contributed by atoms with Crippen LogP contribution in [-0.4, -0.2) is 26.5 Å². The third-order valence-corrected chi connectivity index (χ3v) is 4.15. The van der Waals surface area contributed by atoms with Gasteiger partial charge in [0.2, 0.25) is 0 Å². The Morgan fingerprint density at radius 1 is 1.48 bits per heavy atom. The Morgan fingerprint density at radius 2 is 2.26 bits per heavy atom. The van der Waals surface area contributed by atoms with Gasteiger partial charge in [0.05, 0.1) is 17.2 Å². The first-order valence-corrected chi connectivity index (χ1v) is 7.87. The number of Topliss-reactive ketones (excluding diaryl/α,β-unsaturated/α-hetero) is 1. The average molecular weight is 316 g/mol. The molecule has 0 radical (unpaired) electrons. The van der Waals surface area contributed by atoms with Crippen LogP contribution in [0.25, 0.3) is 0 Å². The highest BCUT2D eigenvalue weighted by Crippen LogP contribution is 2.29. The van der Waals surface area contributed by atoms with Gasteiger partial charge >= 0.3 is 0 Å². The van der Waals surface area contributed by atoms with Crippen LogP contribution in [0.1, 0.15) is 70.8 Å². The standard InChI is InChI=1S/C16H20N4O3/c1-4-20-15(17-8-18-20)9(2)19-16(22)13-10(3)23-12-7-5-6-11(21)14(12)13/h8-9H,4-7H2,1-3H3,(H,19,22). The van der Waals surface area contributed by atoms with Gasteiger partial charge in [-0.25, -0.2) is 9.67 Å². The summed E-state index contributed by atoms with van der Waals surface area (Å²) in [7, 11) is 0. The minimum atomic E-state index is -0.311. The van der Waals surface area contributed by atoms with Crippen molar-refractivity contribution in [3.63, 3.8) is 0 Å². The Labute approximate surface area is 134 Å². The van der Waals surface area contributed by atoms with Crippen LogP contribution in [-0.2, 0) is 13.0 Å². The van der Waals surface area contributed by atoms with Crippen LogP contribution in [0.3, 0.4) is 0 Å². The number of aryl methyl sites for hydroxylation is 3. The van der Waals surface area contributed by atoms with E-state index in [9.17, 15) is 9.59 Å². The maximum atomic E-state index is 12.7. The molecular formula is C16H20N4O3. The number of ketones is 1. The van der Waals surface area contributed by atoms with E-state index in [0.717, 1.165) is 6.42 Å². The first kappa shape index (κ1) is 15.5. The third-order valence-electron chi connectivity index (χ3n) is 4.15. The molecule has 1 amide bonds. The molecular weight excluding hydrogens is 296 g/mol. The van der Waals surface area contributed by atoms with Gasteiger partial charge < -0.3 is 9.73 Å². The molecule has 0 fully saturated rings. The molecule has 0 spiro atoms. The van der Waals surface area contributed by atoms with Crippen LogP contribution in [0.5, 0.6) is 0 Å². The Bertz CT molecular complexity index is 759. The monoisotopic (exact) mass is 316 g/mol. The predicted molar refractivity (Wildman–Crippen MR) is 82.3 cm³/mol. The van der Waals surface area contributed by atoms with Crippen LogP contribution in [0.15, 0.2) is 10.7 Å². The molecule has 122 valence electrons. The fraction of sp³-hybridized carbons (Fsp3) is 0.500. The lowest BCUT2D eigenvalue weighted by molar-refractivity contribution is 0.0916. The molecule has 3 rings (SSSR count). The van der Waals surface area contributed by atoms with Crippen LogP contribution in [0.2, 0.25) is 0 Å². The molecule has 7 heteroatoms. The maximum Gasteiger partial charge on any atom is 0.256 e. The summed E-state index contributed by atoms with van der Waals surface area (Å²) in [5.74, 6) is 1.49. The topological polar surface area (TPSA) is 90.0 Å². The first-order chi connectivity index (χ1) is 11.0. The molecule has 0 aromatic carbocycles. The number of aromatic nitrogens is 3. The Morgan fingerprint density at radius 3 is 3.00 bits per heavy atom. The van der Waals surface area contributed by atoms with Crippen LogP contribution in [0.4, 0.5) is 0 Å². The summed E-state index contributed by atoms with van der Waals surface area (Å²) in [6.07, 6.45) is 3.41. The molecule has 1 N–H and O–H groups in total. The van der Waals surface area contributed by atoms with Crippen LogP contribution in [0, 0.1) is 6.92 Å². The van der Waals surface area contributed by atoms with Gasteiger partial charge in [-0.15, -0.1) is 0 Å². The largest absolute Gasteiger partial charge is 0.465 e. The van der Waals surface area contributed by atoms with Gasteiger partial charge in [0.25, 0.3) is 5.91 Å². The molecule has 0 saturated heterocycles. The molecule has 1 atom stereocenters. The Balaban J connectivity index is 1.87. The molecule has 0 saturated carbocycles. The van der Waals surface area contributed by atoms with E-state index in [4.69, 9.17) is 4.42 Å². The van der Waals surface area contributed by atoms with Gasteiger partial charge in [0.1, 0.15) is 23.7 Å². The summed E-state index contributed by atoms with van der Waals surface area (Å²) in [6.45, 7) is 6.20. The van der Waals surface area contributed by atoms with Crippen LogP contribution < -0.4 is 5.32 Å². The molecule has 0 aliphatic heterocycles. The molecule has 23 heavy (non-hydrogen) atoms. The van der Waals surface area contributed by atoms with E-state index in [1.54, 1.807) is 11.6 Å². The van der Waals surface area contributed by atoms with Crippen LogP contribution >= 0.6 is 0 Å². The summed E-state index contributed by atoms with van der Waals surface area (Å²) < 4.78 is 7.36. The lowest BCUT2D eigenvalue weighted by atomic mass is 9.93. The number of nitrogens with one attached hydrogen (secondary N) is 1. The highest BCUT2D eigenvalue weighted by Gasteiger charge is 2.31. The number of carbonyl (C=O) groups is 2. The highest BCUT2D eigenvalue weighted by molar-refractivity contribution is 6.10. The predicted octanol–water partition coefficient (Wildman–Crippen LogP) is 2.21. The number of furan rings is 1. The number of fused-ring (bicyclic) bond motifs is 1. The van der Waals surface area contributed by atoms with E-state index in [1.807, 2.05) is 13.8 Å². The average Bonchev–Trinajstić information content (AvgIpc) is 3.11. The van der Waals surface area contributed by atoms with E-state index >= 15 is 0 Å². The van der Waals surface area contributed by atoms with Gasteiger partial charge in [0, 0.05) is 19.4 Å². The van der Waals surface area contributed by atoms with Crippen molar-refractivity contribution in [2.75, 3.05) is 0 Å². The number of nitrogens with zero attached hydrogens (tertiary/aromatic N) is 3. The minimum Gasteiger partial charge on any atom is -0.465 e. The van der Waals surface area contributed by atoms with Gasteiger partial charge in [-0.1, -0.05) is 0 Å². The van der Waals surface area contributed by atoms with Gasteiger partial charge in [-0.3, -0.25) is 9.59 Å². The molecule has 1 aliphatic carbocycles. The van der Waals surface area contributed by atoms with Gasteiger partial charge in [0.15, 0.2) is 5.78 Å². The van der Waals surface area contributed by atoms with Gasteiger partial charge in [-0.05, 0) is 27.2 Å². The van der Waals surface area contributed by atoms with E-state index in [-0.39, 0.29) is 17.7 Å². The van der Waals surface area contributed by atoms with Crippen molar-refractivity contribution in [2.24, 2.45) is 0 Å². The lowest BCUT2D eigenvalue weighted by Gasteiger charge is -2.15. The number of hydrogen-bond acceptors (Lipinski definition) is 5. The third kappa shape index (κ3) is 2.67. The molecule has 2 heterocycles. The summed E-state index contributed by atoms with van der Waals surface area (Å²) in [4.78, 5) is 29.0. The molecule has 0 bridgehead atoms. The van der Waals surface area contributed by atoms with E-state index in [2.05, 4.69) is 15.4 Å². The lowest BCUT2D eigenvalue weighted by Crippen LogP contribution is -2.30. The van der Waals surface area contributed by atoms with Crippen molar-refractivity contribution >= 4 is 11.7 Å². The molecule has 2 aromatic rings. The van der Waals surface area contributed by atoms with Crippen molar-refractivity contribution in [1.29, 1.82) is 0 Å². The van der Waals surface area contributed by atoms with Crippen molar-refractivity contribution < 1.29 is 14.0 Å². The summed E-state index contributed by atoms with van der Waals surface area (Å²) in [5.41, 5.74) is 0.814. The summed E-state index contributed by atoms with van der Waals surface area (Å²) in [6, 6.07) is -0.311. The quantitative estimate of drug-likeness (QED) is 0.934. The number of hydrogen-bond donors (Lipinski definition) is 1. The number of rotatable bonds is 4. The Hall–Kier alpha value is -2.44. The molecule has 1 aliphatic rings. The number of amides is 1. The smallest absolute Gasteiger partial charge is 0.256 e. The normalized spacial score (nSPS) is 15.3. The fourth-order valence-corrected chi connectivity index (χ4v) is 3.07. The van der Waals surface area contributed by atoms with E-state index < -0.39 is 0 Å². The Kier molecular flexibility index (Phi) is 4.02. The molecule has 1 unspecified atom stereocenters. The second-order valence-corrected chi connectivity index (χ2v) is 5.74. The SMILES string of the molecule is CCn1ncnc1C(C)NC(=O)c1c(C)oc2c1C(=O)CCC2. The van der Waals surface area contributed by atoms with Gasteiger partial charge in [-0.2, -0.15) is 5.10 Å². The minimum absolute atomic E-state index is 0.0161. The van der Waals surface area contributed by atoms with Crippen molar-refractivity contribution in [3.05, 3.63) is 34.8 Å². The van der Waals surface area contributed by atoms with Crippen molar-refractivity contribution in [3.8, 4) is 0 Å². The molecule has 7 nitrogen and oxygen atoms in total.